The molecule has 0 aliphatic heterocycles. The second kappa shape index (κ2) is 7.39. The van der Waals surface area contributed by atoms with E-state index in [9.17, 15) is 0 Å². The van der Waals surface area contributed by atoms with E-state index in [0.717, 1.165) is 18.8 Å². The van der Waals surface area contributed by atoms with Crippen LogP contribution >= 0.6 is 0 Å². The van der Waals surface area contributed by atoms with Crippen molar-refractivity contribution in [3.8, 4) is 0 Å². The number of nitrogens with one attached hydrogen (secondary N) is 1. The molecule has 1 aromatic rings. The van der Waals surface area contributed by atoms with Gasteiger partial charge in [-0.25, -0.2) is 0 Å². The highest BCUT2D eigenvalue weighted by molar-refractivity contribution is 4.85. The number of rotatable bonds is 8. The van der Waals surface area contributed by atoms with Gasteiger partial charge in [-0.3, -0.25) is 0 Å². The maximum Gasteiger partial charge on any atom is 0.133 e. The van der Waals surface area contributed by atoms with Crippen molar-refractivity contribution in [1.82, 2.24) is 20.1 Å². The van der Waals surface area contributed by atoms with Crippen molar-refractivity contribution in [3.63, 3.8) is 0 Å². The first-order chi connectivity index (χ1) is 7.74. The highest BCUT2D eigenvalue weighted by Gasteiger charge is 2.03. The van der Waals surface area contributed by atoms with Crippen LogP contribution < -0.4 is 5.32 Å². The second-order valence-corrected chi connectivity index (χ2v) is 4.46. The third-order valence-corrected chi connectivity index (χ3v) is 2.89. The summed E-state index contributed by atoms with van der Waals surface area (Å²) in [4.78, 5) is 0. The lowest BCUT2D eigenvalue weighted by atomic mass is 10.1. The van der Waals surface area contributed by atoms with E-state index in [4.69, 9.17) is 0 Å². The Kier molecular flexibility index (Phi) is 6.08. The van der Waals surface area contributed by atoms with Crippen LogP contribution in [-0.4, -0.2) is 27.4 Å². The molecule has 0 saturated heterocycles. The zero-order valence-electron chi connectivity index (χ0n) is 10.7. The molecule has 1 aromatic heterocycles. The fourth-order valence-corrected chi connectivity index (χ4v) is 1.77. The molecule has 0 aliphatic rings. The van der Waals surface area contributed by atoms with E-state index in [1.54, 1.807) is 6.33 Å². The van der Waals surface area contributed by atoms with Crippen LogP contribution in [0, 0.1) is 0 Å². The predicted octanol–water partition coefficient (Wildman–Crippen LogP) is 1.92. The number of nitrogens with zero attached hydrogens (tertiary/aromatic N) is 3. The van der Waals surface area contributed by atoms with Crippen LogP contribution in [0.15, 0.2) is 6.33 Å². The van der Waals surface area contributed by atoms with Gasteiger partial charge in [0.2, 0.25) is 0 Å². The predicted molar refractivity (Wildman–Crippen MR) is 66.3 cm³/mol. The Morgan fingerprint density at radius 3 is 2.88 bits per heavy atom. The Hall–Kier alpha value is -0.900. The van der Waals surface area contributed by atoms with Crippen molar-refractivity contribution in [1.29, 1.82) is 0 Å². The molecular weight excluding hydrogens is 200 g/mol. The summed E-state index contributed by atoms with van der Waals surface area (Å²) in [5, 5.41) is 11.5. The molecule has 16 heavy (non-hydrogen) atoms. The van der Waals surface area contributed by atoms with Gasteiger partial charge in [0.05, 0.1) is 0 Å². The summed E-state index contributed by atoms with van der Waals surface area (Å²) < 4.78 is 1.98. The van der Waals surface area contributed by atoms with Crippen molar-refractivity contribution >= 4 is 0 Å². The first kappa shape index (κ1) is 13.2. The van der Waals surface area contributed by atoms with Gasteiger partial charge >= 0.3 is 0 Å². The molecule has 0 radical (unpaired) electrons. The number of aryl methyl sites for hydroxylation is 1. The molecule has 0 spiro atoms. The maximum atomic E-state index is 4.06. The minimum Gasteiger partial charge on any atom is -0.321 e. The zero-order valence-corrected chi connectivity index (χ0v) is 10.7. The van der Waals surface area contributed by atoms with Crippen molar-refractivity contribution in [2.24, 2.45) is 7.05 Å². The average Bonchev–Trinajstić information content (AvgIpc) is 2.65. The molecule has 0 aromatic carbocycles. The summed E-state index contributed by atoms with van der Waals surface area (Å²) in [7, 11) is 1.99. The fourth-order valence-electron chi connectivity index (χ4n) is 1.77. The summed E-state index contributed by atoms with van der Waals surface area (Å²) in [6.45, 7) is 5.48. The molecular formula is C12H24N4. The lowest BCUT2D eigenvalue weighted by molar-refractivity contribution is 0.486. The Morgan fingerprint density at radius 2 is 2.25 bits per heavy atom. The molecule has 0 aliphatic carbocycles. The fraction of sp³-hybridized carbons (Fsp3) is 0.833. The van der Waals surface area contributed by atoms with Crippen LogP contribution in [0.25, 0.3) is 0 Å². The van der Waals surface area contributed by atoms with Gasteiger partial charge in [0.15, 0.2) is 0 Å². The summed E-state index contributed by atoms with van der Waals surface area (Å²) in [6.07, 6.45) is 7.94. The minimum absolute atomic E-state index is 0.611. The standard InChI is InChI=1S/C12H24N4/c1-4-5-6-7-11(2)13-9-8-12-15-14-10-16(12)3/h10-11,13H,4-9H2,1-3H3. The summed E-state index contributed by atoms with van der Waals surface area (Å²) in [5.74, 6) is 1.05. The normalized spacial score (nSPS) is 12.9. The molecule has 1 atom stereocenters. The third kappa shape index (κ3) is 4.75. The molecule has 4 heteroatoms. The van der Waals surface area contributed by atoms with Crippen LogP contribution in [0.2, 0.25) is 0 Å². The van der Waals surface area contributed by atoms with Gasteiger partial charge in [-0.2, -0.15) is 0 Å². The second-order valence-electron chi connectivity index (χ2n) is 4.46. The quantitative estimate of drug-likeness (QED) is 0.686. The zero-order chi connectivity index (χ0) is 11.8. The summed E-state index contributed by atoms with van der Waals surface area (Å²) in [5.41, 5.74) is 0. The molecule has 0 saturated carbocycles. The van der Waals surface area contributed by atoms with E-state index in [1.165, 1.54) is 25.7 Å². The molecule has 0 amide bonds. The van der Waals surface area contributed by atoms with Crippen molar-refractivity contribution in [3.05, 3.63) is 12.2 Å². The summed E-state index contributed by atoms with van der Waals surface area (Å²) >= 11 is 0. The van der Waals surface area contributed by atoms with Crippen molar-refractivity contribution in [2.45, 2.75) is 52.0 Å². The van der Waals surface area contributed by atoms with E-state index in [-0.39, 0.29) is 0 Å². The average molecular weight is 224 g/mol. The molecule has 1 N–H and O–H groups in total. The van der Waals surface area contributed by atoms with Gasteiger partial charge in [0, 0.05) is 26.1 Å². The van der Waals surface area contributed by atoms with Crippen LogP contribution in [0.1, 0.15) is 45.4 Å². The van der Waals surface area contributed by atoms with Gasteiger partial charge in [0.1, 0.15) is 12.2 Å². The van der Waals surface area contributed by atoms with Gasteiger partial charge in [-0.1, -0.05) is 26.2 Å². The SMILES string of the molecule is CCCCCC(C)NCCc1nncn1C. The lowest BCUT2D eigenvalue weighted by Gasteiger charge is -2.12. The van der Waals surface area contributed by atoms with E-state index >= 15 is 0 Å². The molecule has 1 unspecified atom stereocenters. The van der Waals surface area contributed by atoms with E-state index in [1.807, 2.05) is 11.6 Å². The molecule has 1 heterocycles. The topological polar surface area (TPSA) is 42.7 Å². The molecule has 0 fully saturated rings. The highest BCUT2D eigenvalue weighted by Crippen LogP contribution is 2.02. The van der Waals surface area contributed by atoms with Crippen molar-refractivity contribution in [2.75, 3.05) is 6.54 Å². The molecule has 4 nitrogen and oxygen atoms in total. The number of hydrogen-bond donors (Lipinski definition) is 1. The first-order valence-corrected chi connectivity index (χ1v) is 6.30. The number of unbranched alkanes of at least 4 members (excludes halogenated alkanes) is 2. The molecule has 1 rings (SSSR count). The number of aromatic nitrogens is 3. The Labute approximate surface area is 98.5 Å². The Bertz CT molecular complexity index is 282. The van der Waals surface area contributed by atoms with Gasteiger partial charge < -0.3 is 9.88 Å². The minimum atomic E-state index is 0.611. The lowest BCUT2D eigenvalue weighted by Crippen LogP contribution is -2.28. The largest absolute Gasteiger partial charge is 0.321 e. The smallest absolute Gasteiger partial charge is 0.133 e. The molecule has 92 valence electrons. The van der Waals surface area contributed by atoms with E-state index in [2.05, 4.69) is 29.4 Å². The van der Waals surface area contributed by atoms with Crippen LogP contribution in [0.5, 0.6) is 0 Å². The highest BCUT2D eigenvalue weighted by atomic mass is 15.2. The van der Waals surface area contributed by atoms with Crippen LogP contribution in [0.3, 0.4) is 0 Å². The van der Waals surface area contributed by atoms with Crippen molar-refractivity contribution < 1.29 is 0 Å². The summed E-state index contributed by atoms with van der Waals surface area (Å²) in [6, 6.07) is 0.611. The Morgan fingerprint density at radius 1 is 1.44 bits per heavy atom. The Balaban J connectivity index is 2.08. The van der Waals surface area contributed by atoms with Crippen LogP contribution in [-0.2, 0) is 13.5 Å². The number of hydrogen-bond acceptors (Lipinski definition) is 3. The van der Waals surface area contributed by atoms with Gasteiger partial charge in [0.25, 0.3) is 0 Å². The molecule has 0 bridgehead atoms. The van der Waals surface area contributed by atoms with E-state index in [0.29, 0.717) is 6.04 Å². The van der Waals surface area contributed by atoms with Gasteiger partial charge in [-0.05, 0) is 13.3 Å². The maximum absolute atomic E-state index is 4.06. The first-order valence-electron chi connectivity index (χ1n) is 6.30. The third-order valence-electron chi connectivity index (χ3n) is 2.89. The van der Waals surface area contributed by atoms with Gasteiger partial charge in [-0.15, -0.1) is 10.2 Å². The monoisotopic (exact) mass is 224 g/mol. The van der Waals surface area contributed by atoms with E-state index < -0.39 is 0 Å². The van der Waals surface area contributed by atoms with Crippen LogP contribution in [0.4, 0.5) is 0 Å².